The summed E-state index contributed by atoms with van der Waals surface area (Å²) in [6, 6.07) is 10.5. The average molecular weight is 322 g/mol. The lowest BCUT2D eigenvalue weighted by Gasteiger charge is -2.24. The van der Waals surface area contributed by atoms with Crippen molar-refractivity contribution >= 4 is 17.7 Å². The topological polar surface area (TPSA) is 52.6 Å². The molecule has 0 aromatic heterocycles. The van der Waals surface area contributed by atoms with Gasteiger partial charge in [0, 0.05) is 25.7 Å². The predicted octanol–water partition coefficient (Wildman–Crippen LogP) is 1.88. The van der Waals surface area contributed by atoms with Crippen LogP contribution in [0.1, 0.15) is 25.3 Å². The van der Waals surface area contributed by atoms with Crippen molar-refractivity contribution in [2.45, 2.75) is 38.5 Å². The van der Waals surface area contributed by atoms with E-state index in [1.165, 1.54) is 5.56 Å². The van der Waals surface area contributed by atoms with Crippen LogP contribution in [-0.4, -0.2) is 52.7 Å². The molecule has 0 saturated carbocycles. The number of rotatable bonds is 8. The summed E-state index contributed by atoms with van der Waals surface area (Å²) in [6.07, 6.45) is 1.53. The van der Waals surface area contributed by atoms with Crippen molar-refractivity contribution in [3.63, 3.8) is 0 Å². The summed E-state index contributed by atoms with van der Waals surface area (Å²) in [5.41, 5.74) is 1.24. The van der Waals surface area contributed by atoms with Crippen LogP contribution in [0.5, 0.6) is 0 Å². The van der Waals surface area contributed by atoms with Crippen LogP contribution in [0.3, 0.4) is 0 Å². The van der Waals surface area contributed by atoms with E-state index in [-0.39, 0.29) is 18.1 Å². The molecule has 1 aromatic rings. The summed E-state index contributed by atoms with van der Waals surface area (Å²) < 4.78 is 0. The van der Waals surface area contributed by atoms with Crippen LogP contribution >= 0.6 is 11.8 Å². The molecule has 0 spiro atoms. The predicted molar refractivity (Wildman–Crippen MR) is 91.9 cm³/mol. The zero-order valence-electron chi connectivity index (χ0n) is 13.2. The lowest BCUT2D eigenvalue weighted by Crippen LogP contribution is -2.40. The number of nitrogens with zero attached hydrogens (tertiary/aromatic N) is 1. The van der Waals surface area contributed by atoms with Crippen LogP contribution in [0, 0.1) is 0 Å². The van der Waals surface area contributed by atoms with Gasteiger partial charge in [0.1, 0.15) is 0 Å². The van der Waals surface area contributed by atoms with E-state index in [2.05, 4.69) is 29.3 Å². The monoisotopic (exact) mass is 322 g/mol. The number of aliphatic hydroxyl groups excluding tert-OH is 1. The molecule has 2 N–H and O–H groups in total. The van der Waals surface area contributed by atoms with Crippen LogP contribution in [-0.2, 0) is 11.3 Å². The highest BCUT2D eigenvalue weighted by Crippen LogP contribution is 2.20. The van der Waals surface area contributed by atoms with Crippen molar-refractivity contribution in [2.24, 2.45) is 0 Å². The third kappa shape index (κ3) is 5.63. The van der Waals surface area contributed by atoms with Gasteiger partial charge in [-0.05, 0) is 24.2 Å². The Bertz CT molecular complexity index is 455. The summed E-state index contributed by atoms with van der Waals surface area (Å²) in [5, 5.41) is 12.9. The molecular formula is C17H26N2O2S. The molecular weight excluding hydrogens is 296 g/mol. The number of β-amino-alcohol motifs (C(OH)–C–C–N with tert-alkyl or cyclic N) is 1. The van der Waals surface area contributed by atoms with Crippen LogP contribution < -0.4 is 5.32 Å². The minimum absolute atomic E-state index is 0.0968. The first kappa shape index (κ1) is 17.3. The number of hydrogen-bond donors (Lipinski definition) is 2. The van der Waals surface area contributed by atoms with Crippen LogP contribution in [0.25, 0.3) is 0 Å². The van der Waals surface area contributed by atoms with Gasteiger partial charge in [-0.1, -0.05) is 37.3 Å². The summed E-state index contributed by atoms with van der Waals surface area (Å²) >= 11 is 1.67. The Morgan fingerprint density at radius 3 is 2.91 bits per heavy atom. The fraction of sp³-hybridized carbons (Fsp3) is 0.588. The van der Waals surface area contributed by atoms with E-state index in [0.717, 1.165) is 25.1 Å². The first-order valence-electron chi connectivity index (χ1n) is 7.99. The van der Waals surface area contributed by atoms with E-state index in [1.54, 1.807) is 11.8 Å². The standard InChI is InChI=1S/C17H26N2O2S/c1-2-8-22-13-17(21)18-10-15-9-16(20)12-19(15)11-14-6-4-3-5-7-14/h3-7,15-16,20H,2,8-13H2,1H3,(H,18,21). The minimum atomic E-state index is -0.292. The molecule has 1 aromatic carbocycles. The molecule has 0 bridgehead atoms. The number of carbonyl (C=O) groups is 1. The second-order valence-corrected chi connectivity index (χ2v) is 6.92. The van der Waals surface area contributed by atoms with Crippen LogP contribution in [0.2, 0.25) is 0 Å². The Labute approximate surface area is 137 Å². The van der Waals surface area contributed by atoms with E-state index >= 15 is 0 Å². The molecule has 1 heterocycles. The average Bonchev–Trinajstić information content (AvgIpc) is 2.86. The number of thioether (sulfide) groups is 1. The maximum Gasteiger partial charge on any atom is 0.230 e. The first-order valence-corrected chi connectivity index (χ1v) is 9.15. The maximum atomic E-state index is 11.8. The molecule has 2 rings (SSSR count). The molecule has 2 unspecified atom stereocenters. The SMILES string of the molecule is CCCSCC(=O)NCC1CC(O)CN1Cc1ccccc1. The summed E-state index contributed by atoms with van der Waals surface area (Å²) in [6.45, 7) is 4.24. The van der Waals surface area contributed by atoms with Crippen molar-refractivity contribution in [3.8, 4) is 0 Å². The quantitative estimate of drug-likeness (QED) is 0.718. The van der Waals surface area contributed by atoms with Gasteiger partial charge >= 0.3 is 0 Å². The second kappa shape index (κ2) is 9.18. The highest BCUT2D eigenvalue weighted by molar-refractivity contribution is 7.99. The highest BCUT2D eigenvalue weighted by Gasteiger charge is 2.30. The van der Waals surface area contributed by atoms with Crippen LogP contribution in [0.15, 0.2) is 30.3 Å². The number of nitrogens with one attached hydrogen (secondary N) is 1. The number of likely N-dealkylation sites (tertiary alicyclic amines) is 1. The van der Waals surface area contributed by atoms with Crippen molar-refractivity contribution in [1.29, 1.82) is 0 Å². The van der Waals surface area contributed by atoms with Gasteiger partial charge in [0.15, 0.2) is 0 Å². The molecule has 0 radical (unpaired) electrons. The Morgan fingerprint density at radius 1 is 1.41 bits per heavy atom. The first-order chi connectivity index (χ1) is 10.7. The van der Waals surface area contributed by atoms with Gasteiger partial charge in [-0.2, -0.15) is 11.8 Å². The molecule has 122 valence electrons. The highest BCUT2D eigenvalue weighted by atomic mass is 32.2. The largest absolute Gasteiger partial charge is 0.392 e. The van der Waals surface area contributed by atoms with Crippen molar-refractivity contribution in [1.82, 2.24) is 10.2 Å². The van der Waals surface area contributed by atoms with Crippen molar-refractivity contribution in [3.05, 3.63) is 35.9 Å². The van der Waals surface area contributed by atoms with Gasteiger partial charge in [0.2, 0.25) is 5.91 Å². The smallest absolute Gasteiger partial charge is 0.230 e. The lowest BCUT2D eigenvalue weighted by molar-refractivity contribution is -0.118. The van der Waals surface area contributed by atoms with Gasteiger partial charge in [-0.25, -0.2) is 0 Å². The van der Waals surface area contributed by atoms with Crippen molar-refractivity contribution in [2.75, 3.05) is 24.6 Å². The van der Waals surface area contributed by atoms with Gasteiger partial charge in [0.05, 0.1) is 11.9 Å². The zero-order chi connectivity index (χ0) is 15.8. The Hall–Kier alpha value is -1.04. The normalized spacial score (nSPS) is 21.9. The number of benzene rings is 1. The molecule has 1 aliphatic rings. The summed E-state index contributed by atoms with van der Waals surface area (Å²) in [7, 11) is 0. The molecule has 1 amide bonds. The molecule has 5 heteroatoms. The molecule has 22 heavy (non-hydrogen) atoms. The summed E-state index contributed by atoms with van der Waals surface area (Å²) in [4.78, 5) is 14.1. The Morgan fingerprint density at radius 2 is 2.18 bits per heavy atom. The fourth-order valence-corrected chi connectivity index (χ4v) is 3.49. The van der Waals surface area contributed by atoms with Gasteiger partial charge in [0.25, 0.3) is 0 Å². The molecule has 1 aliphatic heterocycles. The van der Waals surface area contributed by atoms with E-state index in [1.807, 2.05) is 18.2 Å². The molecule has 0 aliphatic carbocycles. The van der Waals surface area contributed by atoms with Crippen LogP contribution in [0.4, 0.5) is 0 Å². The van der Waals surface area contributed by atoms with E-state index in [0.29, 0.717) is 18.8 Å². The molecule has 1 saturated heterocycles. The fourth-order valence-electron chi connectivity index (χ4n) is 2.77. The van der Waals surface area contributed by atoms with Gasteiger partial charge in [-0.15, -0.1) is 0 Å². The Kier molecular flexibility index (Phi) is 7.22. The zero-order valence-corrected chi connectivity index (χ0v) is 14.0. The maximum absolute atomic E-state index is 11.8. The van der Waals surface area contributed by atoms with Gasteiger partial charge < -0.3 is 10.4 Å². The second-order valence-electron chi connectivity index (χ2n) is 5.82. The van der Waals surface area contributed by atoms with Crippen molar-refractivity contribution < 1.29 is 9.90 Å². The lowest BCUT2D eigenvalue weighted by atomic mass is 10.1. The number of amides is 1. The molecule has 2 atom stereocenters. The number of carbonyl (C=O) groups excluding carboxylic acids is 1. The summed E-state index contributed by atoms with van der Waals surface area (Å²) in [5.74, 6) is 1.65. The number of aliphatic hydroxyl groups is 1. The Balaban J connectivity index is 1.79. The molecule has 1 fully saturated rings. The van der Waals surface area contributed by atoms with E-state index in [9.17, 15) is 9.90 Å². The van der Waals surface area contributed by atoms with E-state index < -0.39 is 0 Å². The van der Waals surface area contributed by atoms with E-state index in [4.69, 9.17) is 0 Å². The third-order valence-corrected chi connectivity index (χ3v) is 5.01. The van der Waals surface area contributed by atoms with Gasteiger partial charge in [-0.3, -0.25) is 9.69 Å². The number of hydrogen-bond acceptors (Lipinski definition) is 4. The molecule has 4 nitrogen and oxygen atoms in total. The third-order valence-electron chi connectivity index (χ3n) is 3.85. The minimum Gasteiger partial charge on any atom is -0.392 e.